The average Bonchev–Trinajstić information content (AvgIpc) is 2.83. The van der Waals surface area contributed by atoms with Crippen LogP contribution < -0.4 is 11.0 Å². The number of aromatic nitrogens is 2. The Bertz CT molecular complexity index is 600. The zero-order chi connectivity index (χ0) is 13.7. The summed E-state index contributed by atoms with van der Waals surface area (Å²) in [6.45, 7) is -0.272. The van der Waals surface area contributed by atoms with Gasteiger partial charge in [-0.05, 0) is 24.3 Å². The van der Waals surface area contributed by atoms with E-state index in [4.69, 9.17) is 5.11 Å². The highest BCUT2D eigenvalue weighted by Crippen LogP contribution is 2.12. The minimum Gasteiger partial charge on any atom is -0.447 e. The second-order valence-electron chi connectivity index (χ2n) is 3.67. The van der Waals surface area contributed by atoms with E-state index in [0.29, 0.717) is 11.4 Å². The molecule has 0 fully saturated rings. The number of hydrogen-bond donors (Lipinski definition) is 3. The van der Waals surface area contributed by atoms with Gasteiger partial charge in [-0.25, -0.2) is 9.59 Å². The molecule has 0 aliphatic carbocycles. The van der Waals surface area contributed by atoms with Gasteiger partial charge in [0.1, 0.15) is 6.61 Å². The molecule has 1 aromatic carbocycles. The molecular weight excluding hydrogens is 250 g/mol. The number of benzene rings is 1. The van der Waals surface area contributed by atoms with Crippen molar-refractivity contribution in [2.45, 2.75) is 0 Å². The molecule has 0 bridgehead atoms. The third-order valence-corrected chi connectivity index (χ3v) is 2.37. The minimum absolute atomic E-state index is 0.0529. The number of ether oxygens (including phenoxy) is 1. The Morgan fingerprint density at radius 2 is 2.11 bits per heavy atom. The van der Waals surface area contributed by atoms with E-state index in [1.54, 1.807) is 36.7 Å². The summed E-state index contributed by atoms with van der Waals surface area (Å²) in [5.41, 5.74) is 0.985. The lowest BCUT2D eigenvalue weighted by Gasteiger charge is -2.06. The van der Waals surface area contributed by atoms with Crippen LogP contribution in [0.5, 0.6) is 0 Å². The summed E-state index contributed by atoms with van der Waals surface area (Å²) in [6, 6.07) is 6.68. The number of carbonyl (C=O) groups excluding carboxylic acids is 1. The van der Waals surface area contributed by atoms with Crippen LogP contribution in [0.25, 0.3) is 5.69 Å². The highest BCUT2D eigenvalue weighted by Gasteiger charge is 2.04. The van der Waals surface area contributed by atoms with E-state index in [2.05, 4.69) is 15.0 Å². The molecular formula is C12H13N3O4. The highest BCUT2D eigenvalue weighted by molar-refractivity contribution is 5.84. The van der Waals surface area contributed by atoms with E-state index in [1.807, 2.05) is 0 Å². The molecule has 0 saturated carbocycles. The Morgan fingerprint density at radius 1 is 1.37 bits per heavy atom. The van der Waals surface area contributed by atoms with Gasteiger partial charge >= 0.3 is 11.8 Å². The van der Waals surface area contributed by atoms with Gasteiger partial charge in [0.25, 0.3) is 0 Å². The van der Waals surface area contributed by atoms with Crippen molar-refractivity contribution in [2.75, 3.05) is 18.5 Å². The number of hydrogen-bond acceptors (Lipinski definition) is 4. The standard InChI is InChI=1S/C12H13N3O4/c16-7-8-19-12(18)14-9-1-3-10(4-2-9)15-6-5-13-11(15)17/h1-6,16H,7-8H2,(H,13,17)(H,14,18). The van der Waals surface area contributed by atoms with Crippen LogP contribution in [0.1, 0.15) is 0 Å². The van der Waals surface area contributed by atoms with E-state index >= 15 is 0 Å². The summed E-state index contributed by atoms with van der Waals surface area (Å²) in [5.74, 6) is 0. The van der Waals surface area contributed by atoms with E-state index in [9.17, 15) is 9.59 Å². The van der Waals surface area contributed by atoms with Crippen LogP contribution in [0.15, 0.2) is 41.5 Å². The molecule has 0 unspecified atom stereocenters. The Kier molecular flexibility index (Phi) is 3.99. The Balaban J connectivity index is 2.05. The van der Waals surface area contributed by atoms with Gasteiger partial charge in [-0.15, -0.1) is 0 Å². The first-order chi connectivity index (χ1) is 9.20. The van der Waals surface area contributed by atoms with Gasteiger partial charge in [0.2, 0.25) is 0 Å². The fraction of sp³-hybridized carbons (Fsp3) is 0.167. The van der Waals surface area contributed by atoms with Crippen LogP contribution in [0, 0.1) is 0 Å². The van der Waals surface area contributed by atoms with Crippen LogP contribution in [0.2, 0.25) is 0 Å². The first-order valence-corrected chi connectivity index (χ1v) is 5.62. The van der Waals surface area contributed by atoms with Crippen molar-refractivity contribution in [3.05, 3.63) is 47.1 Å². The van der Waals surface area contributed by atoms with Crippen molar-refractivity contribution >= 4 is 11.8 Å². The molecule has 1 aromatic heterocycles. The first-order valence-electron chi connectivity index (χ1n) is 5.62. The maximum atomic E-state index is 11.4. The fourth-order valence-corrected chi connectivity index (χ4v) is 1.52. The molecule has 3 N–H and O–H groups in total. The van der Waals surface area contributed by atoms with Gasteiger partial charge < -0.3 is 14.8 Å². The molecule has 7 nitrogen and oxygen atoms in total. The Labute approximate surface area is 108 Å². The summed E-state index contributed by atoms with van der Waals surface area (Å²) in [5, 5.41) is 11.0. The molecule has 7 heteroatoms. The average molecular weight is 263 g/mol. The van der Waals surface area contributed by atoms with Crippen molar-refractivity contribution in [3.8, 4) is 5.69 Å². The Hall–Kier alpha value is -2.54. The predicted octanol–water partition coefficient (Wildman–Crippen LogP) is 0.706. The van der Waals surface area contributed by atoms with Crippen molar-refractivity contribution in [3.63, 3.8) is 0 Å². The number of amides is 1. The van der Waals surface area contributed by atoms with E-state index in [1.165, 1.54) is 4.57 Å². The van der Waals surface area contributed by atoms with Crippen LogP contribution >= 0.6 is 0 Å². The third-order valence-electron chi connectivity index (χ3n) is 2.37. The minimum atomic E-state index is -0.638. The van der Waals surface area contributed by atoms with Gasteiger partial charge in [-0.1, -0.05) is 0 Å². The number of aromatic amines is 1. The lowest BCUT2D eigenvalue weighted by Crippen LogP contribution is -2.16. The summed E-state index contributed by atoms with van der Waals surface area (Å²) < 4.78 is 6.09. The van der Waals surface area contributed by atoms with Crippen LogP contribution in [0.3, 0.4) is 0 Å². The molecule has 100 valence electrons. The summed E-state index contributed by atoms with van der Waals surface area (Å²) in [4.78, 5) is 25.2. The second-order valence-corrected chi connectivity index (χ2v) is 3.67. The molecule has 0 aliphatic rings. The monoisotopic (exact) mass is 263 g/mol. The molecule has 0 atom stereocenters. The summed E-state index contributed by atoms with van der Waals surface area (Å²) >= 11 is 0. The van der Waals surface area contributed by atoms with Crippen molar-refractivity contribution in [2.24, 2.45) is 0 Å². The summed E-state index contributed by atoms with van der Waals surface area (Å²) in [6.07, 6.45) is 2.52. The topological polar surface area (TPSA) is 96.4 Å². The fourth-order valence-electron chi connectivity index (χ4n) is 1.52. The molecule has 0 spiro atoms. The summed E-state index contributed by atoms with van der Waals surface area (Å²) in [7, 11) is 0. The number of anilines is 1. The maximum Gasteiger partial charge on any atom is 0.411 e. The molecule has 1 amide bonds. The normalized spacial score (nSPS) is 10.2. The van der Waals surface area contributed by atoms with Crippen molar-refractivity contribution in [1.82, 2.24) is 9.55 Å². The number of aliphatic hydroxyl groups is 1. The van der Waals surface area contributed by atoms with Gasteiger partial charge in [0, 0.05) is 18.1 Å². The molecule has 19 heavy (non-hydrogen) atoms. The zero-order valence-electron chi connectivity index (χ0n) is 10.00. The number of nitrogens with zero attached hydrogens (tertiary/aromatic N) is 1. The molecule has 0 saturated heterocycles. The lowest BCUT2D eigenvalue weighted by molar-refractivity contribution is 0.131. The van der Waals surface area contributed by atoms with Crippen LogP contribution in [-0.2, 0) is 4.74 Å². The van der Waals surface area contributed by atoms with E-state index in [-0.39, 0.29) is 18.9 Å². The van der Waals surface area contributed by atoms with Crippen molar-refractivity contribution in [1.29, 1.82) is 0 Å². The second kappa shape index (κ2) is 5.87. The number of carbonyl (C=O) groups is 1. The van der Waals surface area contributed by atoms with Gasteiger partial charge in [0.15, 0.2) is 0 Å². The molecule has 1 heterocycles. The molecule has 0 aliphatic heterocycles. The molecule has 2 rings (SSSR count). The number of nitrogens with one attached hydrogen (secondary N) is 2. The number of rotatable bonds is 4. The van der Waals surface area contributed by atoms with Crippen LogP contribution in [0.4, 0.5) is 10.5 Å². The zero-order valence-corrected chi connectivity index (χ0v) is 10.00. The number of aliphatic hydroxyl groups excluding tert-OH is 1. The molecule has 0 radical (unpaired) electrons. The van der Waals surface area contributed by atoms with Gasteiger partial charge in [0.05, 0.1) is 12.3 Å². The van der Waals surface area contributed by atoms with E-state index in [0.717, 1.165) is 0 Å². The number of H-pyrrole nitrogens is 1. The van der Waals surface area contributed by atoms with Crippen molar-refractivity contribution < 1.29 is 14.6 Å². The quantitative estimate of drug-likeness (QED) is 0.756. The lowest BCUT2D eigenvalue weighted by atomic mass is 10.3. The maximum absolute atomic E-state index is 11.4. The third kappa shape index (κ3) is 3.23. The predicted molar refractivity (Wildman–Crippen MR) is 68.4 cm³/mol. The molecule has 2 aromatic rings. The van der Waals surface area contributed by atoms with Gasteiger partial charge in [-0.3, -0.25) is 9.88 Å². The smallest absolute Gasteiger partial charge is 0.411 e. The first kappa shape index (κ1) is 12.9. The highest BCUT2D eigenvalue weighted by atomic mass is 16.6. The number of imidazole rings is 1. The Morgan fingerprint density at radius 3 is 2.68 bits per heavy atom. The van der Waals surface area contributed by atoms with Gasteiger partial charge in [-0.2, -0.15) is 0 Å². The van der Waals surface area contributed by atoms with Crippen LogP contribution in [-0.4, -0.2) is 34.0 Å². The SMILES string of the molecule is O=C(Nc1ccc(-n2cc[nH]c2=O)cc1)OCCO. The largest absolute Gasteiger partial charge is 0.447 e. The van der Waals surface area contributed by atoms with E-state index < -0.39 is 6.09 Å².